The van der Waals surface area contributed by atoms with Crippen molar-refractivity contribution >= 4 is 26.2 Å². The Morgan fingerprint density at radius 1 is 1.10 bits per heavy atom. The van der Waals surface area contributed by atoms with Gasteiger partial charge in [-0.1, -0.05) is 0 Å². The van der Waals surface area contributed by atoms with Crippen LogP contribution in [0.1, 0.15) is 25.7 Å². The average molecular weight is 427 g/mol. The number of aromatic nitrogens is 2. The number of nitrogen functional groups attached to an aromatic ring is 1. The molecule has 0 radical (unpaired) electrons. The number of rotatable bonds is 9. The lowest BCUT2D eigenvalue weighted by atomic mass is 9.82. The van der Waals surface area contributed by atoms with Crippen LogP contribution in [0, 0.1) is 11.8 Å². The van der Waals surface area contributed by atoms with Crippen LogP contribution in [-0.4, -0.2) is 77.1 Å². The molecule has 3 rings (SSSR count). The fourth-order valence-electron chi connectivity index (χ4n) is 4.05. The van der Waals surface area contributed by atoms with Crippen molar-refractivity contribution < 1.29 is 14.3 Å². The molecular weight excluding hydrogens is 393 g/mol. The van der Waals surface area contributed by atoms with Crippen molar-refractivity contribution in [2.24, 2.45) is 17.6 Å². The molecule has 164 valence electrons. The van der Waals surface area contributed by atoms with Crippen LogP contribution >= 0.6 is 8.60 Å². The van der Waals surface area contributed by atoms with E-state index in [0.29, 0.717) is 36.8 Å². The summed E-state index contributed by atoms with van der Waals surface area (Å²) in [5.41, 5.74) is 11.8. The van der Waals surface area contributed by atoms with E-state index < -0.39 is 8.60 Å². The SMILES string of the molecule is NCC1CCC(CNc2nc(N)cc(N3CCN(CCOP(O)O)CC3)n2)CC1. The number of anilines is 3. The second-order valence-corrected chi connectivity index (χ2v) is 8.66. The molecule has 1 aliphatic heterocycles. The lowest BCUT2D eigenvalue weighted by molar-refractivity contribution is 0.184. The first-order valence-electron chi connectivity index (χ1n) is 10.4. The van der Waals surface area contributed by atoms with Gasteiger partial charge in [-0.2, -0.15) is 9.97 Å². The van der Waals surface area contributed by atoms with Crippen LogP contribution in [-0.2, 0) is 4.52 Å². The van der Waals surface area contributed by atoms with Gasteiger partial charge < -0.3 is 36.0 Å². The minimum absolute atomic E-state index is 0.320. The minimum atomic E-state index is -2.27. The molecule has 10 nitrogen and oxygen atoms in total. The molecule has 0 unspecified atom stereocenters. The fraction of sp³-hybridized carbons (Fsp3) is 0.778. The Balaban J connectivity index is 1.47. The first kappa shape index (κ1) is 22.4. The third kappa shape index (κ3) is 7.16. The molecule has 2 fully saturated rings. The van der Waals surface area contributed by atoms with Crippen molar-refractivity contribution in [3.05, 3.63) is 6.07 Å². The first-order chi connectivity index (χ1) is 14.0. The Labute approximate surface area is 173 Å². The molecule has 11 heteroatoms. The third-order valence-corrected chi connectivity index (χ3v) is 6.31. The van der Waals surface area contributed by atoms with Crippen LogP contribution in [0.15, 0.2) is 6.07 Å². The van der Waals surface area contributed by atoms with E-state index in [0.717, 1.165) is 45.1 Å². The maximum absolute atomic E-state index is 8.81. The van der Waals surface area contributed by atoms with Crippen molar-refractivity contribution in [3.8, 4) is 0 Å². The van der Waals surface area contributed by atoms with Crippen LogP contribution in [0.5, 0.6) is 0 Å². The highest BCUT2D eigenvalue weighted by Crippen LogP contribution is 2.28. The van der Waals surface area contributed by atoms with Crippen LogP contribution in [0.4, 0.5) is 17.6 Å². The fourth-order valence-corrected chi connectivity index (χ4v) is 4.30. The predicted octanol–water partition coefficient (Wildman–Crippen LogP) is 0.586. The summed E-state index contributed by atoms with van der Waals surface area (Å²) >= 11 is 0. The Morgan fingerprint density at radius 2 is 1.79 bits per heavy atom. The van der Waals surface area contributed by atoms with Gasteiger partial charge in [-0.25, -0.2) is 0 Å². The summed E-state index contributed by atoms with van der Waals surface area (Å²) < 4.78 is 4.85. The van der Waals surface area contributed by atoms with E-state index in [1.165, 1.54) is 25.7 Å². The van der Waals surface area contributed by atoms with Crippen molar-refractivity contribution in [1.29, 1.82) is 0 Å². The molecule has 0 spiro atoms. The highest BCUT2D eigenvalue weighted by molar-refractivity contribution is 7.39. The highest BCUT2D eigenvalue weighted by Gasteiger charge is 2.21. The molecule has 1 saturated heterocycles. The molecule has 29 heavy (non-hydrogen) atoms. The van der Waals surface area contributed by atoms with Crippen LogP contribution in [0.3, 0.4) is 0 Å². The molecule has 1 saturated carbocycles. The zero-order valence-electron chi connectivity index (χ0n) is 16.9. The first-order valence-corrected chi connectivity index (χ1v) is 11.6. The van der Waals surface area contributed by atoms with E-state index in [9.17, 15) is 0 Å². The second kappa shape index (κ2) is 11.2. The number of nitrogens with zero attached hydrogens (tertiary/aromatic N) is 4. The van der Waals surface area contributed by atoms with Gasteiger partial charge in [0, 0.05) is 45.3 Å². The van der Waals surface area contributed by atoms with Crippen LogP contribution < -0.4 is 21.7 Å². The largest absolute Gasteiger partial charge is 0.383 e. The number of hydrogen-bond donors (Lipinski definition) is 5. The quantitative estimate of drug-likeness (QED) is 0.355. The topological polar surface area (TPSA) is 146 Å². The van der Waals surface area contributed by atoms with E-state index in [4.69, 9.17) is 25.8 Å². The Morgan fingerprint density at radius 3 is 2.45 bits per heavy atom. The van der Waals surface area contributed by atoms with E-state index >= 15 is 0 Å². The van der Waals surface area contributed by atoms with Gasteiger partial charge >= 0.3 is 8.60 Å². The third-order valence-electron chi connectivity index (χ3n) is 5.89. The molecular formula is C18H34N7O3P. The molecule has 2 aliphatic rings. The van der Waals surface area contributed by atoms with Crippen molar-refractivity contribution in [1.82, 2.24) is 14.9 Å². The van der Waals surface area contributed by atoms with Crippen molar-refractivity contribution in [3.63, 3.8) is 0 Å². The molecule has 2 heterocycles. The molecule has 1 aromatic heterocycles. The predicted molar refractivity (Wildman–Crippen MR) is 115 cm³/mol. The summed E-state index contributed by atoms with van der Waals surface area (Å²) in [4.78, 5) is 31.1. The number of piperazine rings is 1. The van der Waals surface area contributed by atoms with Gasteiger partial charge in [-0.05, 0) is 44.1 Å². The second-order valence-electron chi connectivity index (χ2n) is 7.89. The minimum Gasteiger partial charge on any atom is -0.383 e. The van der Waals surface area contributed by atoms with Gasteiger partial charge in [-0.3, -0.25) is 4.90 Å². The number of nitrogens with one attached hydrogen (secondary N) is 1. The summed E-state index contributed by atoms with van der Waals surface area (Å²) in [6.45, 7) is 6.03. The van der Waals surface area contributed by atoms with Crippen LogP contribution in [0.25, 0.3) is 0 Å². The molecule has 0 bridgehead atoms. The number of hydrogen-bond acceptors (Lipinski definition) is 10. The summed E-state index contributed by atoms with van der Waals surface area (Å²) in [7, 11) is -2.27. The Hall–Kier alpha value is -1.29. The molecule has 7 N–H and O–H groups in total. The number of nitrogens with two attached hydrogens (primary N) is 2. The van der Waals surface area contributed by atoms with Crippen LogP contribution in [0.2, 0.25) is 0 Å². The summed E-state index contributed by atoms with van der Waals surface area (Å²) in [5.74, 6) is 3.23. The molecule has 0 amide bonds. The average Bonchev–Trinajstić information content (AvgIpc) is 2.72. The van der Waals surface area contributed by atoms with E-state index in [1.54, 1.807) is 0 Å². The van der Waals surface area contributed by atoms with Gasteiger partial charge in [0.1, 0.15) is 11.6 Å². The van der Waals surface area contributed by atoms with Crippen molar-refractivity contribution in [2.45, 2.75) is 25.7 Å². The van der Waals surface area contributed by atoms with Gasteiger partial charge in [0.25, 0.3) is 0 Å². The zero-order valence-corrected chi connectivity index (χ0v) is 17.8. The normalized spacial score (nSPS) is 23.5. The van der Waals surface area contributed by atoms with Gasteiger partial charge in [-0.15, -0.1) is 0 Å². The standard InChI is InChI=1S/C18H34N7O3P/c19-12-14-1-3-15(4-2-14)13-21-18-22-16(20)11-17(23-18)25-7-5-24(6-8-25)9-10-28-29(26)27/h11,14-15,26-27H,1-10,12-13,19H2,(H3,20,21,22,23). The summed E-state index contributed by atoms with van der Waals surface area (Å²) in [6.07, 6.45) is 4.81. The molecule has 0 aromatic carbocycles. The molecule has 1 aliphatic carbocycles. The maximum atomic E-state index is 8.81. The van der Waals surface area contributed by atoms with E-state index in [-0.39, 0.29) is 0 Å². The maximum Gasteiger partial charge on any atom is 0.327 e. The van der Waals surface area contributed by atoms with Crippen molar-refractivity contribution in [2.75, 3.05) is 68.4 Å². The van der Waals surface area contributed by atoms with Gasteiger partial charge in [0.05, 0.1) is 6.61 Å². The smallest absolute Gasteiger partial charge is 0.327 e. The zero-order chi connectivity index (χ0) is 20.6. The lowest BCUT2D eigenvalue weighted by Crippen LogP contribution is -2.47. The van der Waals surface area contributed by atoms with E-state index in [2.05, 4.69) is 25.1 Å². The van der Waals surface area contributed by atoms with E-state index in [1.807, 2.05) is 6.07 Å². The Kier molecular flexibility index (Phi) is 8.65. The highest BCUT2D eigenvalue weighted by atomic mass is 31.2. The molecule has 1 aromatic rings. The van der Waals surface area contributed by atoms with Gasteiger partial charge in [0.2, 0.25) is 5.95 Å². The monoisotopic (exact) mass is 427 g/mol. The Bertz CT molecular complexity index is 623. The molecule has 0 atom stereocenters. The summed E-state index contributed by atoms with van der Waals surface area (Å²) in [5, 5.41) is 3.38. The lowest BCUT2D eigenvalue weighted by Gasteiger charge is -2.35. The summed E-state index contributed by atoms with van der Waals surface area (Å²) in [6, 6.07) is 1.82. The van der Waals surface area contributed by atoms with Gasteiger partial charge in [0.15, 0.2) is 0 Å².